The number of esters is 1. The summed E-state index contributed by atoms with van der Waals surface area (Å²) in [4.78, 5) is 11.5. The molecule has 16 heavy (non-hydrogen) atoms. The highest BCUT2D eigenvalue weighted by Crippen LogP contribution is 2.18. The average Bonchev–Trinajstić information content (AvgIpc) is 2.29. The Morgan fingerprint density at radius 3 is 2.75 bits per heavy atom. The third-order valence-electron chi connectivity index (χ3n) is 2.45. The van der Waals surface area contributed by atoms with Crippen LogP contribution in [-0.4, -0.2) is 17.7 Å². The Labute approximate surface area is 96.1 Å². The molecular formula is C13H18O3. The van der Waals surface area contributed by atoms with E-state index in [2.05, 4.69) is 0 Å². The number of aliphatic hydroxyl groups is 1. The van der Waals surface area contributed by atoms with Crippen molar-refractivity contribution >= 4 is 5.97 Å². The highest BCUT2D eigenvalue weighted by atomic mass is 16.5. The Kier molecular flexibility index (Phi) is 4.99. The van der Waals surface area contributed by atoms with Gasteiger partial charge in [-0.2, -0.15) is 0 Å². The van der Waals surface area contributed by atoms with Crippen LogP contribution in [-0.2, 0) is 9.53 Å². The van der Waals surface area contributed by atoms with E-state index < -0.39 is 12.1 Å². The zero-order valence-electron chi connectivity index (χ0n) is 9.77. The van der Waals surface area contributed by atoms with E-state index >= 15 is 0 Å². The molecule has 0 radical (unpaired) electrons. The Bertz CT molecular complexity index is 347. The van der Waals surface area contributed by atoms with Crippen LogP contribution >= 0.6 is 0 Å². The molecular weight excluding hydrogens is 204 g/mol. The number of benzene rings is 1. The van der Waals surface area contributed by atoms with Gasteiger partial charge in [0.2, 0.25) is 0 Å². The molecule has 3 nitrogen and oxygen atoms in total. The lowest BCUT2D eigenvalue weighted by atomic mass is 10.0. The maximum atomic E-state index is 11.5. The van der Waals surface area contributed by atoms with E-state index in [0.29, 0.717) is 12.2 Å². The van der Waals surface area contributed by atoms with Gasteiger partial charge in [0.15, 0.2) is 6.10 Å². The van der Waals surface area contributed by atoms with Crippen LogP contribution in [0.2, 0.25) is 0 Å². The minimum absolute atomic E-state index is 0.373. The number of hydrogen-bond donors (Lipinski definition) is 1. The summed E-state index contributed by atoms with van der Waals surface area (Å²) in [5.74, 6) is -0.567. The fourth-order valence-electron chi connectivity index (χ4n) is 1.42. The molecule has 0 saturated carbocycles. The summed E-state index contributed by atoms with van der Waals surface area (Å²) >= 11 is 0. The first kappa shape index (κ1) is 12.7. The highest BCUT2D eigenvalue weighted by molar-refractivity contribution is 5.76. The Balaban J connectivity index is 2.60. The molecule has 0 bridgehead atoms. The molecule has 0 aliphatic rings. The number of aryl methyl sites for hydroxylation is 1. The quantitative estimate of drug-likeness (QED) is 0.614. The SMILES string of the molecule is CCCCOC(=O)C(O)c1ccccc1C. The van der Waals surface area contributed by atoms with Crippen LogP contribution < -0.4 is 0 Å². The molecule has 1 rings (SSSR count). The fourth-order valence-corrected chi connectivity index (χ4v) is 1.42. The van der Waals surface area contributed by atoms with Gasteiger partial charge < -0.3 is 9.84 Å². The van der Waals surface area contributed by atoms with Crippen LogP contribution in [0.5, 0.6) is 0 Å². The molecule has 0 saturated heterocycles. The third kappa shape index (κ3) is 3.35. The van der Waals surface area contributed by atoms with Crippen LogP contribution in [0.25, 0.3) is 0 Å². The first-order chi connectivity index (χ1) is 7.66. The van der Waals surface area contributed by atoms with Crippen LogP contribution in [0, 0.1) is 6.92 Å². The lowest BCUT2D eigenvalue weighted by Gasteiger charge is -2.12. The molecule has 1 unspecified atom stereocenters. The number of aliphatic hydroxyl groups excluding tert-OH is 1. The fraction of sp³-hybridized carbons (Fsp3) is 0.462. The summed E-state index contributed by atoms with van der Waals surface area (Å²) in [6.45, 7) is 4.25. The maximum absolute atomic E-state index is 11.5. The first-order valence-corrected chi connectivity index (χ1v) is 5.57. The second kappa shape index (κ2) is 6.28. The van der Waals surface area contributed by atoms with Gasteiger partial charge in [0.25, 0.3) is 0 Å². The molecule has 1 aromatic rings. The van der Waals surface area contributed by atoms with Crippen molar-refractivity contribution in [2.75, 3.05) is 6.61 Å². The van der Waals surface area contributed by atoms with Crippen molar-refractivity contribution in [1.82, 2.24) is 0 Å². The van der Waals surface area contributed by atoms with Crippen LogP contribution in [0.15, 0.2) is 24.3 Å². The summed E-state index contributed by atoms with van der Waals surface area (Å²) < 4.78 is 4.96. The minimum atomic E-state index is -1.17. The predicted octanol–water partition coefficient (Wildman–Crippen LogP) is 2.37. The first-order valence-electron chi connectivity index (χ1n) is 5.57. The normalized spacial score (nSPS) is 12.2. The van der Waals surface area contributed by atoms with Gasteiger partial charge in [0.05, 0.1) is 6.61 Å². The maximum Gasteiger partial charge on any atom is 0.339 e. The Hall–Kier alpha value is -1.35. The molecule has 0 aromatic heterocycles. The lowest BCUT2D eigenvalue weighted by Crippen LogP contribution is -2.17. The molecule has 0 spiro atoms. The van der Waals surface area contributed by atoms with E-state index in [9.17, 15) is 9.90 Å². The monoisotopic (exact) mass is 222 g/mol. The van der Waals surface area contributed by atoms with Gasteiger partial charge in [0, 0.05) is 0 Å². The lowest BCUT2D eigenvalue weighted by molar-refractivity contribution is -0.154. The van der Waals surface area contributed by atoms with Gasteiger partial charge in [-0.3, -0.25) is 0 Å². The highest BCUT2D eigenvalue weighted by Gasteiger charge is 2.19. The Morgan fingerprint density at radius 2 is 2.12 bits per heavy atom. The van der Waals surface area contributed by atoms with E-state index in [1.807, 2.05) is 26.0 Å². The van der Waals surface area contributed by atoms with Crippen molar-refractivity contribution in [3.05, 3.63) is 35.4 Å². The molecule has 1 N–H and O–H groups in total. The standard InChI is InChI=1S/C13H18O3/c1-3-4-9-16-13(15)12(14)11-8-6-5-7-10(11)2/h5-8,12,14H,3-4,9H2,1-2H3. The molecule has 0 heterocycles. The summed E-state index contributed by atoms with van der Waals surface area (Å²) in [6, 6.07) is 7.26. The zero-order valence-corrected chi connectivity index (χ0v) is 9.77. The van der Waals surface area contributed by atoms with Crippen LogP contribution in [0.4, 0.5) is 0 Å². The second-order valence-electron chi connectivity index (χ2n) is 3.78. The van der Waals surface area contributed by atoms with E-state index in [-0.39, 0.29) is 0 Å². The number of rotatable bonds is 5. The average molecular weight is 222 g/mol. The summed E-state index contributed by atoms with van der Waals surface area (Å²) in [5.41, 5.74) is 1.51. The molecule has 88 valence electrons. The van der Waals surface area contributed by atoms with Gasteiger partial charge in [0.1, 0.15) is 0 Å². The molecule has 0 aliphatic carbocycles. The van der Waals surface area contributed by atoms with Gasteiger partial charge in [-0.25, -0.2) is 4.79 Å². The van der Waals surface area contributed by atoms with Crippen molar-refractivity contribution in [1.29, 1.82) is 0 Å². The third-order valence-corrected chi connectivity index (χ3v) is 2.45. The van der Waals surface area contributed by atoms with Crippen molar-refractivity contribution in [3.63, 3.8) is 0 Å². The number of unbranched alkanes of at least 4 members (excludes halogenated alkanes) is 1. The number of carbonyl (C=O) groups excluding carboxylic acids is 1. The summed E-state index contributed by atoms with van der Waals surface area (Å²) in [7, 11) is 0. The molecule has 0 amide bonds. The second-order valence-corrected chi connectivity index (χ2v) is 3.78. The smallest absolute Gasteiger partial charge is 0.339 e. The van der Waals surface area contributed by atoms with Gasteiger partial charge >= 0.3 is 5.97 Å². The predicted molar refractivity (Wildman–Crippen MR) is 62.0 cm³/mol. The van der Waals surface area contributed by atoms with Crippen molar-refractivity contribution < 1.29 is 14.6 Å². The van der Waals surface area contributed by atoms with E-state index in [4.69, 9.17) is 4.74 Å². The number of hydrogen-bond acceptors (Lipinski definition) is 3. The van der Waals surface area contributed by atoms with E-state index in [1.54, 1.807) is 12.1 Å². The van der Waals surface area contributed by atoms with Crippen molar-refractivity contribution in [2.24, 2.45) is 0 Å². The van der Waals surface area contributed by atoms with Crippen LogP contribution in [0.1, 0.15) is 37.0 Å². The summed E-state index contributed by atoms with van der Waals surface area (Å²) in [6.07, 6.45) is 0.623. The van der Waals surface area contributed by atoms with Crippen LogP contribution in [0.3, 0.4) is 0 Å². The topological polar surface area (TPSA) is 46.5 Å². The molecule has 1 atom stereocenters. The van der Waals surface area contributed by atoms with Gasteiger partial charge in [-0.15, -0.1) is 0 Å². The minimum Gasteiger partial charge on any atom is -0.464 e. The van der Waals surface area contributed by atoms with Crippen molar-refractivity contribution in [3.8, 4) is 0 Å². The van der Waals surface area contributed by atoms with Crippen molar-refractivity contribution in [2.45, 2.75) is 32.8 Å². The molecule has 0 aliphatic heterocycles. The molecule has 0 fully saturated rings. The number of ether oxygens (including phenoxy) is 1. The van der Waals surface area contributed by atoms with E-state index in [1.165, 1.54) is 0 Å². The molecule has 3 heteroatoms. The summed E-state index contributed by atoms with van der Waals surface area (Å²) in [5, 5.41) is 9.79. The largest absolute Gasteiger partial charge is 0.464 e. The van der Waals surface area contributed by atoms with Gasteiger partial charge in [-0.05, 0) is 24.5 Å². The van der Waals surface area contributed by atoms with Gasteiger partial charge in [-0.1, -0.05) is 37.6 Å². The Morgan fingerprint density at radius 1 is 1.44 bits per heavy atom. The van der Waals surface area contributed by atoms with E-state index in [0.717, 1.165) is 18.4 Å². The number of carbonyl (C=O) groups is 1. The zero-order chi connectivity index (χ0) is 12.0. The molecule has 1 aromatic carbocycles.